The predicted molar refractivity (Wildman–Crippen MR) is 120 cm³/mol. The van der Waals surface area contributed by atoms with Crippen LogP contribution in [0, 0.1) is 0 Å². The second-order valence-corrected chi connectivity index (χ2v) is 7.42. The number of halogens is 1. The molecular formula is C22H28ClN5O. The molecule has 0 saturated heterocycles. The van der Waals surface area contributed by atoms with Crippen LogP contribution in [0.4, 0.5) is 11.6 Å². The average Bonchev–Trinajstić information content (AvgIpc) is 2.74. The van der Waals surface area contributed by atoms with Crippen molar-refractivity contribution in [2.75, 3.05) is 30.3 Å². The summed E-state index contributed by atoms with van der Waals surface area (Å²) in [5.74, 6) is 0.673. The van der Waals surface area contributed by atoms with Gasteiger partial charge in [0, 0.05) is 53.9 Å². The zero-order valence-electron chi connectivity index (χ0n) is 16.6. The summed E-state index contributed by atoms with van der Waals surface area (Å²) in [6.45, 7) is 1.93. The van der Waals surface area contributed by atoms with Crippen molar-refractivity contribution in [1.29, 1.82) is 0 Å². The van der Waals surface area contributed by atoms with Gasteiger partial charge in [0.2, 0.25) is 5.95 Å². The van der Waals surface area contributed by atoms with Gasteiger partial charge in [-0.2, -0.15) is 0 Å². The molecule has 0 fully saturated rings. The van der Waals surface area contributed by atoms with E-state index in [1.807, 2.05) is 36.5 Å². The fraction of sp³-hybridized carbons (Fsp3) is 0.409. The minimum Gasteiger partial charge on any atom is -0.396 e. The van der Waals surface area contributed by atoms with Crippen LogP contribution in [0.3, 0.4) is 0 Å². The maximum atomic E-state index is 8.82. The first kappa shape index (κ1) is 21.3. The maximum absolute atomic E-state index is 8.82. The number of hydrogen-bond donors (Lipinski definition) is 3. The molecule has 3 rings (SSSR count). The van der Waals surface area contributed by atoms with Crippen molar-refractivity contribution >= 4 is 34.1 Å². The lowest BCUT2D eigenvalue weighted by molar-refractivity contribution is 0.286. The fourth-order valence-electron chi connectivity index (χ4n) is 3.16. The molecule has 7 heteroatoms. The highest BCUT2D eigenvalue weighted by Gasteiger charge is 2.03. The number of pyridine rings is 1. The van der Waals surface area contributed by atoms with Gasteiger partial charge in [0.1, 0.15) is 0 Å². The van der Waals surface area contributed by atoms with Crippen molar-refractivity contribution in [2.45, 2.75) is 38.5 Å². The van der Waals surface area contributed by atoms with Gasteiger partial charge in [0.05, 0.1) is 5.52 Å². The smallest absolute Gasteiger partial charge is 0.222 e. The first-order valence-electron chi connectivity index (χ1n) is 10.2. The molecule has 0 radical (unpaired) electrons. The number of benzene rings is 1. The number of aromatic nitrogens is 3. The molecule has 0 saturated carbocycles. The Kier molecular flexibility index (Phi) is 8.46. The number of aryl methyl sites for hydroxylation is 1. The third-order valence-electron chi connectivity index (χ3n) is 4.71. The molecule has 0 aliphatic carbocycles. The zero-order valence-corrected chi connectivity index (χ0v) is 17.3. The summed E-state index contributed by atoms with van der Waals surface area (Å²) in [6.07, 6.45) is 9.59. The van der Waals surface area contributed by atoms with Gasteiger partial charge in [-0.1, -0.05) is 18.0 Å². The summed E-state index contributed by atoms with van der Waals surface area (Å²) in [7, 11) is 0. The van der Waals surface area contributed by atoms with Gasteiger partial charge in [0.25, 0.3) is 0 Å². The second kappa shape index (κ2) is 11.5. The van der Waals surface area contributed by atoms with Crippen LogP contribution in [0.25, 0.3) is 10.9 Å². The molecule has 2 heterocycles. The minimum atomic E-state index is 0.225. The monoisotopic (exact) mass is 413 g/mol. The number of aliphatic hydroxyl groups is 1. The Morgan fingerprint density at radius 3 is 2.59 bits per heavy atom. The Morgan fingerprint density at radius 1 is 0.862 bits per heavy atom. The largest absolute Gasteiger partial charge is 0.396 e. The molecule has 0 aliphatic heterocycles. The van der Waals surface area contributed by atoms with Crippen LogP contribution in [0.2, 0.25) is 5.02 Å². The van der Waals surface area contributed by atoms with Crippen molar-refractivity contribution in [1.82, 2.24) is 15.0 Å². The van der Waals surface area contributed by atoms with E-state index in [0.29, 0.717) is 11.0 Å². The van der Waals surface area contributed by atoms with E-state index in [1.54, 1.807) is 6.20 Å². The topological polar surface area (TPSA) is 83.0 Å². The lowest BCUT2D eigenvalue weighted by atomic mass is 10.1. The summed E-state index contributed by atoms with van der Waals surface area (Å²) < 4.78 is 0. The standard InChI is InChI=1S/C22H28ClN5O/c23-17-7-8-19-20(10-14-25-21(19)16-17)24-11-3-1-2-6-18-9-13-27-22(28-18)26-12-4-5-15-29/h7-10,13-14,16,29H,1-6,11-12,15H2,(H,24,25)(H,26,27,28). The molecule has 0 amide bonds. The number of nitrogens with one attached hydrogen (secondary N) is 2. The molecule has 2 aromatic heterocycles. The average molecular weight is 414 g/mol. The highest BCUT2D eigenvalue weighted by atomic mass is 35.5. The quantitative estimate of drug-likeness (QED) is 0.374. The highest BCUT2D eigenvalue weighted by Crippen LogP contribution is 2.24. The van der Waals surface area contributed by atoms with Crippen LogP contribution in [-0.4, -0.2) is 39.8 Å². The number of fused-ring (bicyclic) bond motifs is 1. The molecule has 0 unspecified atom stereocenters. The lowest BCUT2D eigenvalue weighted by Crippen LogP contribution is -2.07. The summed E-state index contributed by atoms with van der Waals surface area (Å²) in [5.41, 5.74) is 3.07. The van der Waals surface area contributed by atoms with E-state index in [-0.39, 0.29) is 6.61 Å². The third-order valence-corrected chi connectivity index (χ3v) is 4.95. The first-order chi connectivity index (χ1) is 14.3. The Hall–Kier alpha value is -2.44. The molecule has 0 bridgehead atoms. The van der Waals surface area contributed by atoms with E-state index < -0.39 is 0 Å². The fourth-order valence-corrected chi connectivity index (χ4v) is 3.33. The van der Waals surface area contributed by atoms with Crippen molar-refractivity contribution < 1.29 is 5.11 Å². The van der Waals surface area contributed by atoms with Gasteiger partial charge in [-0.05, 0) is 62.4 Å². The van der Waals surface area contributed by atoms with Gasteiger partial charge >= 0.3 is 0 Å². The molecule has 0 aliphatic rings. The van der Waals surface area contributed by atoms with Gasteiger partial charge in [-0.15, -0.1) is 0 Å². The molecule has 6 nitrogen and oxygen atoms in total. The van der Waals surface area contributed by atoms with E-state index in [1.165, 1.54) is 0 Å². The predicted octanol–water partition coefficient (Wildman–Crippen LogP) is 4.69. The molecule has 29 heavy (non-hydrogen) atoms. The Balaban J connectivity index is 1.37. The number of hydrogen-bond acceptors (Lipinski definition) is 6. The van der Waals surface area contributed by atoms with Gasteiger partial charge in [-0.3, -0.25) is 4.98 Å². The zero-order chi connectivity index (χ0) is 20.3. The minimum absolute atomic E-state index is 0.225. The Morgan fingerprint density at radius 2 is 1.69 bits per heavy atom. The van der Waals surface area contributed by atoms with Crippen molar-refractivity contribution in [3.63, 3.8) is 0 Å². The number of aliphatic hydroxyl groups excluding tert-OH is 1. The van der Waals surface area contributed by atoms with E-state index in [0.717, 1.165) is 73.9 Å². The molecule has 3 N–H and O–H groups in total. The van der Waals surface area contributed by atoms with Crippen LogP contribution in [0.5, 0.6) is 0 Å². The molecule has 1 aromatic carbocycles. The first-order valence-corrected chi connectivity index (χ1v) is 10.6. The summed E-state index contributed by atoms with van der Waals surface area (Å²) >= 11 is 6.05. The molecule has 0 atom stereocenters. The van der Waals surface area contributed by atoms with Crippen LogP contribution >= 0.6 is 11.6 Å². The molecule has 154 valence electrons. The van der Waals surface area contributed by atoms with Crippen molar-refractivity contribution in [3.8, 4) is 0 Å². The molecule has 3 aromatic rings. The normalized spacial score (nSPS) is 11.0. The highest BCUT2D eigenvalue weighted by molar-refractivity contribution is 6.31. The van der Waals surface area contributed by atoms with E-state index in [2.05, 4.69) is 25.6 Å². The van der Waals surface area contributed by atoms with E-state index in [4.69, 9.17) is 16.7 Å². The molecule has 0 spiro atoms. The maximum Gasteiger partial charge on any atom is 0.222 e. The van der Waals surface area contributed by atoms with Crippen molar-refractivity contribution in [2.24, 2.45) is 0 Å². The van der Waals surface area contributed by atoms with E-state index in [9.17, 15) is 0 Å². The van der Waals surface area contributed by atoms with E-state index >= 15 is 0 Å². The SMILES string of the molecule is OCCCCNc1nccc(CCCCCNc2ccnc3cc(Cl)ccc23)n1. The van der Waals surface area contributed by atoms with Gasteiger partial charge in [-0.25, -0.2) is 9.97 Å². The number of anilines is 2. The number of nitrogens with zero attached hydrogens (tertiary/aromatic N) is 3. The number of rotatable bonds is 12. The Bertz CT molecular complexity index is 905. The van der Waals surface area contributed by atoms with Crippen LogP contribution in [0.1, 0.15) is 37.8 Å². The van der Waals surface area contributed by atoms with Gasteiger partial charge in [0.15, 0.2) is 0 Å². The summed E-state index contributed by atoms with van der Waals surface area (Å²) in [5, 5.41) is 17.3. The van der Waals surface area contributed by atoms with Crippen LogP contribution in [0.15, 0.2) is 42.7 Å². The number of unbranched alkanes of at least 4 members (excludes halogenated alkanes) is 3. The molecular weight excluding hydrogens is 386 g/mol. The van der Waals surface area contributed by atoms with Crippen LogP contribution in [-0.2, 0) is 6.42 Å². The van der Waals surface area contributed by atoms with Crippen LogP contribution < -0.4 is 10.6 Å². The third kappa shape index (κ3) is 6.84. The summed E-state index contributed by atoms with van der Waals surface area (Å²) in [6, 6.07) is 9.78. The van der Waals surface area contributed by atoms with Gasteiger partial charge < -0.3 is 15.7 Å². The van der Waals surface area contributed by atoms with Crippen molar-refractivity contribution in [3.05, 3.63) is 53.4 Å². The second-order valence-electron chi connectivity index (χ2n) is 6.99. The Labute approximate surface area is 176 Å². The summed E-state index contributed by atoms with van der Waals surface area (Å²) in [4.78, 5) is 13.2. The lowest BCUT2D eigenvalue weighted by Gasteiger charge is -2.10.